The molecule has 152 valence electrons. The number of piperidine rings is 1. The van der Waals surface area contributed by atoms with Crippen molar-refractivity contribution in [3.63, 3.8) is 0 Å². The third-order valence-corrected chi connectivity index (χ3v) is 6.23. The van der Waals surface area contributed by atoms with Crippen LogP contribution in [-0.4, -0.2) is 62.5 Å². The monoisotopic (exact) mass is 423 g/mol. The number of nitrogens with zero attached hydrogens (tertiary/aromatic N) is 6. The summed E-state index contributed by atoms with van der Waals surface area (Å²) in [5.41, 5.74) is -0.0793. The smallest absolute Gasteiger partial charge is 0.316 e. The first-order valence-electron chi connectivity index (χ1n) is 8.61. The number of hydrogen-bond donors (Lipinski definition) is 1. The van der Waals surface area contributed by atoms with Gasteiger partial charge in [-0.1, -0.05) is 0 Å². The molecule has 0 bridgehead atoms. The van der Waals surface area contributed by atoms with Gasteiger partial charge in [0.15, 0.2) is 5.82 Å². The van der Waals surface area contributed by atoms with Crippen LogP contribution in [-0.2, 0) is 10.0 Å². The minimum Gasteiger partial charge on any atom is -0.459 e. The van der Waals surface area contributed by atoms with E-state index in [-0.39, 0.29) is 35.4 Å². The Balaban J connectivity index is 1.55. The van der Waals surface area contributed by atoms with Crippen molar-refractivity contribution in [1.29, 1.82) is 0 Å². The zero-order chi connectivity index (χ0) is 20.4. The van der Waals surface area contributed by atoms with E-state index >= 15 is 0 Å². The van der Waals surface area contributed by atoms with Crippen LogP contribution in [0.1, 0.15) is 12.8 Å². The first kappa shape index (κ1) is 19.3. The lowest BCUT2D eigenvalue weighted by atomic mass is 10.1. The van der Waals surface area contributed by atoms with Crippen LogP contribution in [0.3, 0.4) is 0 Å². The molecule has 0 spiro atoms. The lowest BCUT2D eigenvalue weighted by Gasteiger charge is -2.31. The topological polar surface area (TPSA) is 127 Å². The molecule has 0 amide bonds. The van der Waals surface area contributed by atoms with Gasteiger partial charge < -0.3 is 4.74 Å². The van der Waals surface area contributed by atoms with Crippen molar-refractivity contribution in [2.75, 3.05) is 13.1 Å². The maximum Gasteiger partial charge on any atom is 0.316 e. The van der Waals surface area contributed by atoms with Crippen molar-refractivity contribution in [2.45, 2.75) is 23.8 Å². The molecule has 0 aliphatic carbocycles. The highest BCUT2D eigenvalue weighted by Crippen LogP contribution is 2.27. The summed E-state index contributed by atoms with van der Waals surface area (Å²) in [4.78, 5) is 7.35. The molecule has 10 nitrogen and oxygen atoms in total. The van der Waals surface area contributed by atoms with Crippen LogP contribution in [0.4, 0.5) is 8.78 Å². The van der Waals surface area contributed by atoms with Gasteiger partial charge in [-0.2, -0.15) is 9.52 Å². The zero-order valence-electron chi connectivity index (χ0n) is 14.9. The minimum absolute atomic E-state index is 0.0307. The summed E-state index contributed by atoms with van der Waals surface area (Å²) >= 11 is 0. The van der Waals surface area contributed by atoms with E-state index in [9.17, 15) is 17.2 Å². The van der Waals surface area contributed by atoms with Gasteiger partial charge in [0.2, 0.25) is 15.8 Å². The number of H-pyrrole nitrogens is 1. The fourth-order valence-corrected chi connectivity index (χ4v) is 4.53. The number of halogens is 2. The third-order valence-electron chi connectivity index (χ3n) is 4.37. The highest BCUT2D eigenvalue weighted by Gasteiger charge is 2.32. The van der Waals surface area contributed by atoms with Gasteiger partial charge in [0, 0.05) is 6.54 Å². The van der Waals surface area contributed by atoms with Gasteiger partial charge in [-0.15, -0.1) is 10.2 Å². The average Bonchev–Trinajstić information content (AvgIpc) is 3.25. The molecule has 29 heavy (non-hydrogen) atoms. The summed E-state index contributed by atoms with van der Waals surface area (Å²) in [6.07, 6.45) is 2.57. The second-order valence-corrected chi connectivity index (χ2v) is 8.24. The molecular weight excluding hydrogens is 408 g/mol. The maximum atomic E-state index is 14.1. The van der Waals surface area contributed by atoms with Crippen LogP contribution in [0.2, 0.25) is 0 Å². The van der Waals surface area contributed by atoms with Gasteiger partial charge in [0.1, 0.15) is 11.9 Å². The Hall–Kier alpha value is -3.06. The maximum absolute atomic E-state index is 14.1. The molecule has 0 radical (unpaired) electrons. The van der Waals surface area contributed by atoms with Crippen molar-refractivity contribution in [2.24, 2.45) is 0 Å². The summed E-state index contributed by atoms with van der Waals surface area (Å²) in [5.74, 6) is -1.31. The number of sulfonamides is 1. The normalized spacial score (nSPS) is 17.9. The third kappa shape index (κ3) is 4.05. The van der Waals surface area contributed by atoms with E-state index in [0.717, 1.165) is 18.5 Å². The van der Waals surface area contributed by atoms with Crippen LogP contribution >= 0.6 is 0 Å². The molecule has 2 aromatic heterocycles. The molecular formula is C16H15F2N7O3S. The van der Waals surface area contributed by atoms with Crippen molar-refractivity contribution in [3.05, 3.63) is 42.2 Å². The molecule has 0 saturated carbocycles. The number of hydrogen-bond acceptors (Lipinski definition) is 8. The molecule has 1 atom stereocenters. The van der Waals surface area contributed by atoms with Crippen LogP contribution in [0.25, 0.3) is 11.4 Å². The number of rotatable bonds is 5. The molecule has 1 N–H and O–H groups in total. The number of ether oxygens (including phenoxy) is 1. The summed E-state index contributed by atoms with van der Waals surface area (Å²) in [6, 6.07) is 3.37. The van der Waals surface area contributed by atoms with E-state index in [0.29, 0.717) is 12.8 Å². The van der Waals surface area contributed by atoms with Crippen LogP contribution in [0.5, 0.6) is 6.01 Å². The molecule has 1 aliphatic rings. The molecule has 1 saturated heterocycles. The molecule has 4 rings (SSSR count). The average molecular weight is 423 g/mol. The number of benzene rings is 1. The van der Waals surface area contributed by atoms with E-state index in [1.807, 2.05) is 0 Å². The van der Waals surface area contributed by atoms with E-state index in [2.05, 4.69) is 30.6 Å². The van der Waals surface area contributed by atoms with Gasteiger partial charge in [0.05, 0.1) is 29.4 Å². The zero-order valence-corrected chi connectivity index (χ0v) is 15.7. The van der Waals surface area contributed by atoms with E-state index in [4.69, 9.17) is 4.74 Å². The molecule has 1 unspecified atom stereocenters. The van der Waals surface area contributed by atoms with Crippen molar-refractivity contribution < 1.29 is 21.9 Å². The Bertz CT molecular complexity index is 1090. The number of aromatic amines is 1. The molecule has 1 aromatic carbocycles. The van der Waals surface area contributed by atoms with Gasteiger partial charge >= 0.3 is 6.01 Å². The summed E-state index contributed by atoms with van der Waals surface area (Å²) in [5, 5.41) is 12.9. The second-order valence-electron chi connectivity index (χ2n) is 6.31. The molecule has 1 aliphatic heterocycles. The predicted molar refractivity (Wildman–Crippen MR) is 94.0 cm³/mol. The Morgan fingerprint density at radius 2 is 2.00 bits per heavy atom. The Morgan fingerprint density at radius 1 is 1.21 bits per heavy atom. The Kier molecular flexibility index (Phi) is 5.15. The van der Waals surface area contributed by atoms with Crippen LogP contribution in [0.15, 0.2) is 35.5 Å². The predicted octanol–water partition coefficient (Wildman–Crippen LogP) is 1.17. The highest BCUT2D eigenvalue weighted by molar-refractivity contribution is 7.89. The SMILES string of the molecule is O=S(=O)(c1ccc(F)c(-c2nn[nH]n2)c1)N1CCCC(Oc2ncc(F)cn2)C1. The molecule has 1 fully saturated rings. The first-order valence-corrected chi connectivity index (χ1v) is 10.1. The highest BCUT2D eigenvalue weighted by atomic mass is 32.2. The fraction of sp³-hybridized carbons (Fsp3) is 0.312. The van der Waals surface area contributed by atoms with Gasteiger partial charge in [-0.05, 0) is 36.3 Å². The standard InChI is InChI=1S/C16H15F2N7O3S/c17-10-7-19-16(20-8-10)28-11-2-1-5-25(9-11)29(26,27)12-3-4-14(18)13(6-12)15-21-23-24-22-15/h3-4,6-8,11H,1-2,5,9H2,(H,21,22,23,24). The molecule has 3 heterocycles. The lowest BCUT2D eigenvalue weighted by Crippen LogP contribution is -2.44. The summed E-state index contributed by atoms with van der Waals surface area (Å²) in [6.45, 7) is 0.333. The quantitative estimate of drug-likeness (QED) is 0.648. The fourth-order valence-electron chi connectivity index (χ4n) is 2.99. The molecule has 3 aromatic rings. The van der Waals surface area contributed by atoms with Crippen molar-refractivity contribution >= 4 is 10.0 Å². The Labute approximate surface area is 164 Å². The van der Waals surface area contributed by atoms with Crippen LogP contribution in [0, 0.1) is 11.6 Å². The first-order chi connectivity index (χ1) is 13.9. The number of tetrazole rings is 1. The second kappa shape index (κ2) is 7.75. The largest absolute Gasteiger partial charge is 0.459 e. The number of aromatic nitrogens is 6. The van der Waals surface area contributed by atoms with E-state index < -0.39 is 27.8 Å². The van der Waals surface area contributed by atoms with E-state index in [1.54, 1.807) is 0 Å². The molecule has 13 heteroatoms. The minimum atomic E-state index is -3.92. The van der Waals surface area contributed by atoms with Gasteiger partial charge in [-0.25, -0.2) is 27.2 Å². The van der Waals surface area contributed by atoms with Crippen molar-refractivity contribution in [1.82, 2.24) is 34.9 Å². The van der Waals surface area contributed by atoms with Crippen LogP contribution < -0.4 is 4.74 Å². The summed E-state index contributed by atoms with van der Waals surface area (Å²) < 4.78 is 60.0. The summed E-state index contributed by atoms with van der Waals surface area (Å²) in [7, 11) is -3.92. The Morgan fingerprint density at radius 3 is 2.72 bits per heavy atom. The van der Waals surface area contributed by atoms with Gasteiger partial charge in [-0.3, -0.25) is 0 Å². The lowest BCUT2D eigenvalue weighted by molar-refractivity contribution is 0.119. The number of nitrogens with one attached hydrogen (secondary N) is 1. The van der Waals surface area contributed by atoms with E-state index in [1.165, 1.54) is 16.4 Å². The van der Waals surface area contributed by atoms with Gasteiger partial charge in [0.25, 0.3) is 0 Å². The van der Waals surface area contributed by atoms with Crippen molar-refractivity contribution in [3.8, 4) is 17.4 Å².